The maximum Gasteiger partial charge on any atom is 0.0781 e. The molecule has 0 aliphatic carbocycles. The lowest BCUT2D eigenvalue weighted by Gasteiger charge is -2.29. The maximum absolute atomic E-state index is 5.79. The molecule has 0 bridgehead atoms. The Morgan fingerprint density at radius 3 is 2.00 bits per heavy atom. The molecule has 0 aromatic rings. The van der Waals surface area contributed by atoms with Crippen LogP contribution in [0.25, 0.3) is 0 Å². The lowest BCUT2D eigenvalue weighted by Crippen LogP contribution is -2.29. The standard InChI is InChI=1S/C16H35NO2/c1-13(17)10-19-14(2)11-18-12-16(6,7)9-8-15(3,4)5/h13-14H,8-12,17H2,1-7H3. The van der Waals surface area contributed by atoms with E-state index in [4.69, 9.17) is 15.2 Å². The van der Waals surface area contributed by atoms with Crippen molar-refractivity contribution >= 4 is 0 Å². The van der Waals surface area contributed by atoms with Crippen LogP contribution in [0.2, 0.25) is 0 Å². The quantitative estimate of drug-likeness (QED) is 0.698. The van der Waals surface area contributed by atoms with E-state index in [-0.39, 0.29) is 17.6 Å². The lowest BCUT2D eigenvalue weighted by atomic mass is 9.80. The van der Waals surface area contributed by atoms with Crippen molar-refractivity contribution in [2.45, 2.75) is 73.5 Å². The average Bonchev–Trinajstić information content (AvgIpc) is 2.23. The number of rotatable bonds is 9. The number of ether oxygens (including phenoxy) is 2. The van der Waals surface area contributed by atoms with Crippen molar-refractivity contribution in [2.24, 2.45) is 16.6 Å². The molecule has 0 aliphatic rings. The Morgan fingerprint density at radius 1 is 0.947 bits per heavy atom. The van der Waals surface area contributed by atoms with Gasteiger partial charge in [-0.15, -0.1) is 0 Å². The van der Waals surface area contributed by atoms with Crippen molar-refractivity contribution in [2.75, 3.05) is 19.8 Å². The fraction of sp³-hybridized carbons (Fsp3) is 1.00. The Kier molecular flexibility index (Phi) is 8.18. The van der Waals surface area contributed by atoms with Gasteiger partial charge in [-0.3, -0.25) is 0 Å². The van der Waals surface area contributed by atoms with Crippen LogP contribution in [0.3, 0.4) is 0 Å². The van der Waals surface area contributed by atoms with Gasteiger partial charge in [0.1, 0.15) is 0 Å². The van der Waals surface area contributed by atoms with Gasteiger partial charge >= 0.3 is 0 Å². The first-order valence-electron chi connectivity index (χ1n) is 7.47. The minimum atomic E-state index is 0.0886. The van der Waals surface area contributed by atoms with Crippen LogP contribution < -0.4 is 5.73 Å². The van der Waals surface area contributed by atoms with Crippen molar-refractivity contribution in [1.82, 2.24) is 0 Å². The van der Waals surface area contributed by atoms with E-state index < -0.39 is 0 Å². The van der Waals surface area contributed by atoms with Gasteiger partial charge in [-0.05, 0) is 37.5 Å². The largest absolute Gasteiger partial charge is 0.378 e. The molecule has 116 valence electrons. The molecule has 0 amide bonds. The van der Waals surface area contributed by atoms with Gasteiger partial charge in [0.15, 0.2) is 0 Å². The first-order chi connectivity index (χ1) is 8.52. The van der Waals surface area contributed by atoms with Crippen LogP contribution in [0, 0.1) is 10.8 Å². The smallest absolute Gasteiger partial charge is 0.0781 e. The molecule has 0 spiro atoms. The van der Waals surface area contributed by atoms with E-state index in [0.717, 1.165) is 6.61 Å². The molecule has 3 heteroatoms. The maximum atomic E-state index is 5.79. The van der Waals surface area contributed by atoms with Crippen molar-refractivity contribution in [3.8, 4) is 0 Å². The van der Waals surface area contributed by atoms with Crippen LogP contribution in [0.4, 0.5) is 0 Å². The summed E-state index contributed by atoms with van der Waals surface area (Å²) in [6.07, 6.45) is 2.52. The normalized spacial score (nSPS) is 16.4. The van der Waals surface area contributed by atoms with Crippen molar-refractivity contribution in [1.29, 1.82) is 0 Å². The Morgan fingerprint density at radius 2 is 1.53 bits per heavy atom. The first-order valence-corrected chi connectivity index (χ1v) is 7.47. The van der Waals surface area contributed by atoms with Crippen LogP contribution in [0.5, 0.6) is 0 Å². The predicted molar refractivity (Wildman–Crippen MR) is 82.4 cm³/mol. The van der Waals surface area contributed by atoms with E-state index >= 15 is 0 Å². The molecule has 0 radical (unpaired) electrons. The molecule has 0 fully saturated rings. The fourth-order valence-corrected chi connectivity index (χ4v) is 1.65. The molecule has 3 nitrogen and oxygen atoms in total. The minimum absolute atomic E-state index is 0.0886. The van der Waals surface area contributed by atoms with Crippen molar-refractivity contribution in [3.63, 3.8) is 0 Å². The zero-order valence-corrected chi connectivity index (χ0v) is 14.1. The Balaban J connectivity index is 3.79. The molecule has 2 atom stereocenters. The van der Waals surface area contributed by atoms with E-state index in [1.54, 1.807) is 0 Å². The SMILES string of the molecule is CC(N)COC(C)COCC(C)(C)CCC(C)(C)C. The molecule has 2 N–H and O–H groups in total. The van der Waals surface area contributed by atoms with E-state index in [1.165, 1.54) is 12.8 Å². The third kappa shape index (κ3) is 12.6. The second kappa shape index (κ2) is 8.23. The molecule has 2 unspecified atom stereocenters. The molecular formula is C16H35NO2. The van der Waals surface area contributed by atoms with Gasteiger partial charge < -0.3 is 15.2 Å². The molecule has 19 heavy (non-hydrogen) atoms. The Labute approximate surface area is 120 Å². The summed E-state index contributed by atoms with van der Waals surface area (Å²) >= 11 is 0. The van der Waals surface area contributed by atoms with Crippen LogP contribution >= 0.6 is 0 Å². The zero-order valence-electron chi connectivity index (χ0n) is 14.1. The lowest BCUT2D eigenvalue weighted by molar-refractivity contribution is -0.0321. The molecule has 0 aliphatic heterocycles. The number of hydrogen-bond donors (Lipinski definition) is 1. The van der Waals surface area contributed by atoms with Crippen LogP contribution in [0.15, 0.2) is 0 Å². The third-order valence-electron chi connectivity index (χ3n) is 3.04. The summed E-state index contributed by atoms with van der Waals surface area (Å²) in [5.74, 6) is 0. The van der Waals surface area contributed by atoms with Gasteiger partial charge in [0, 0.05) is 6.04 Å². The summed E-state index contributed by atoms with van der Waals surface area (Å²) in [4.78, 5) is 0. The summed E-state index contributed by atoms with van der Waals surface area (Å²) in [7, 11) is 0. The molecule has 0 aromatic heterocycles. The number of nitrogens with two attached hydrogens (primary N) is 1. The topological polar surface area (TPSA) is 44.5 Å². The van der Waals surface area contributed by atoms with E-state index in [9.17, 15) is 0 Å². The molecule has 0 saturated heterocycles. The third-order valence-corrected chi connectivity index (χ3v) is 3.04. The second-order valence-electron chi connectivity index (χ2n) is 7.86. The first kappa shape index (κ1) is 18.9. The summed E-state index contributed by atoms with van der Waals surface area (Å²) in [5.41, 5.74) is 6.28. The molecule has 0 saturated carbocycles. The van der Waals surface area contributed by atoms with Gasteiger partial charge in [0.05, 0.1) is 25.9 Å². The highest BCUT2D eigenvalue weighted by molar-refractivity contribution is 4.72. The van der Waals surface area contributed by atoms with E-state index in [0.29, 0.717) is 18.6 Å². The highest BCUT2D eigenvalue weighted by Crippen LogP contribution is 2.30. The summed E-state index contributed by atoms with van der Waals surface area (Å²) < 4.78 is 11.4. The van der Waals surface area contributed by atoms with E-state index in [1.807, 2.05) is 13.8 Å². The highest BCUT2D eigenvalue weighted by Gasteiger charge is 2.22. The summed E-state index contributed by atoms with van der Waals surface area (Å²) in [6.45, 7) is 17.4. The van der Waals surface area contributed by atoms with Gasteiger partial charge in [0.2, 0.25) is 0 Å². The zero-order chi connectivity index (χ0) is 15.1. The second-order valence-corrected chi connectivity index (χ2v) is 7.86. The minimum Gasteiger partial charge on any atom is -0.378 e. The Bertz CT molecular complexity index is 231. The van der Waals surface area contributed by atoms with Gasteiger partial charge in [-0.2, -0.15) is 0 Å². The molecule has 0 heterocycles. The summed E-state index contributed by atoms with van der Waals surface area (Å²) in [5, 5.41) is 0. The monoisotopic (exact) mass is 273 g/mol. The Hall–Kier alpha value is -0.120. The average molecular weight is 273 g/mol. The van der Waals surface area contributed by atoms with Crippen molar-refractivity contribution in [3.05, 3.63) is 0 Å². The van der Waals surface area contributed by atoms with Crippen molar-refractivity contribution < 1.29 is 9.47 Å². The van der Waals surface area contributed by atoms with Crippen LogP contribution in [-0.2, 0) is 9.47 Å². The predicted octanol–water partition coefficient (Wildman–Crippen LogP) is 3.61. The van der Waals surface area contributed by atoms with Gasteiger partial charge in [-0.1, -0.05) is 34.6 Å². The van der Waals surface area contributed by atoms with E-state index in [2.05, 4.69) is 34.6 Å². The number of hydrogen-bond acceptors (Lipinski definition) is 3. The summed E-state index contributed by atoms with van der Waals surface area (Å²) in [6, 6.07) is 0.0886. The van der Waals surface area contributed by atoms with Crippen LogP contribution in [-0.4, -0.2) is 32.0 Å². The molecular weight excluding hydrogens is 238 g/mol. The highest BCUT2D eigenvalue weighted by atomic mass is 16.5. The fourth-order valence-electron chi connectivity index (χ4n) is 1.65. The molecule has 0 aromatic carbocycles. The van der Waals surface area contributed by atoms with Gasteiger partial charge in [-0.25, -0.2) is 0 Å². The molecule has 0 rings (SSSR count). The van der Waals surface area contributed by atoms with Crippen LogP contribution in [0.1, 0.15) is 61.3 Å². The van der Waals surface area contributed by atoms with Gasteiger partial charge in [0.25, 0.3) is 0 Å².